The van der Waals surface area contributed by atoms with Gasteiger partial charge >= 0.3 is 0 Å². The lowest BCUT2D eigenvalue weighted by Gasteiger charge is -2.31. The Hall–Kier alpha value is -0.120. The monoisotopic (exact) mass is 237 g/mol. The predicted octanol–water partition coefficient (Wildman–Crippen LogP) is 2.50. The van der Waals surface area contributed by atoms with Gasteiger partial charge in [0.05, 0.1) is 23.3 Å². The Bertz CT molecular complexity index is 352. The number of rotatable bonds is 1. The molecule has 0 bridgehead atoms. The van der Waals surface area contributed by atoms with Crippen molar-refractivity contribution in [1.29, 1.82) is 0 Å². The van der Waals surface area contributed by atoms with Gasteiger partial charge in [-0.1, -0.05) is 0 Å². The topological polar surface area (TPSA) is 21.7 Å². The highest BCUT2D eigenvalue weighted by molar-refractivity contribution is 5.26. The molecular weight excluding hydrogens is 214 g/mol. The minimum absolute atomic E-state index is 0.0317. The van der Waals surface area contributed by atoms with E-state index >= 15 is 0 Å². The summed E-state index contributed by atoms with van der Waals surface area (Å²) in [5, 5.41) is 2.27. The molecule has 0 N–H and O–H groups in total. The molecule has 4 rings (SSSR count). The Morgan fingerprint density at radius 2 is 1.88 bits per heavy atom. The summed E-state index contributed by atoms with van der Waals surface area (Å²) in [5.41, 5.74) is 0.688. The molecule has 2 atom stereocenters. The van der Waals surface area contributed by atoms with Gasteiger partial charge in [0.25, 0.3) is 0 Å². The van der Waals surface area contributed by atoms with Crippen LogP contribution in [-0.2, 0) is 9.57 Å². The molecule has 4 fully saturated rings. The lowest BCUT2D eigenvalue weighted by molar-refractivity contribution is -0.167. The third-order valence-electron chi connectivity index (χ3n) is 5.06. The van der Waals surface area contributed by atoms with E-state index in [1.54, 1.807) is 0 Å². The molecule has 2 saturated carbocycles. The van der Waals surface area contributed by atoms with Crippen LogP contribution in [0, 0.1) is 5.41 Å². The van der Waals surface area contributed by atoms with Gasteiger partial charge in [-0.15, -0.1) is 0 Å². The molecule has 2 spiro atoms. The standard InChI is InChI=1S/C14H23NO2/c1-12(2,3)16-10-4-9-15-11(10)13(5-6-13)14(17-15)7-8-14/h10-11H,4-9H2,1-3H3/t10-,11-/m0/s1. The molecule has 4 aliphatic rings. The molecule has 3 nitrogen and oxygen atoms in total. The SMILES string of the molecule is CC(C)(C)O[C@H]1CCN2OC3(CC3)C3(CC3)[C@H]12. The molecule has 2 aliphatic carbocycles. The first-order valence-corrected chi connectivity index (χ1v) is 7.10. The fraction of sp³-hybridized carbons (Fsp3) is 1.00. The Balaban J connectivity index is 1.60. The first-order chi connectivity index (χ1) is 7.96. The second-order valence-corrected chi connectivity index (χ2v) is 7.38. The van der Waals surface area contributed by atoms with E-state index in [0.717, 1.165) is 13.0 Å². The molecular formula is C14H23NO2. The van der Waals surface area contributed by atoms with Crippen LogP contribution in [0.1, 0.15) is 52.9 Å². The Morgan fingerprint density at radius 3 is 2.41 bits per heavy atom. The summed E-state index contributed by atoms with van der Waals surface area (Å²) in [5.74, 6) is 0. The summed E-state index contributed by atoms with van der Waals surface area (Å²) < 4.78 is 6.29. The second kappa shape index (κ2) is 2.89. The van der Waals surface area contributed by atoms with E-state index in [-0.39, 0.29) is 11.2 Å². The number of hydrogen-bond acceptors (Lipinski definition) is 3. The van der Waals surface area contributed by atoms with Gasteiger partial charge in [0.1, 0.15) is 0 Å². The highest BCUT2D eigenvalue weighted by Crippen LogP contribution is 2.74. The minimum Gasteiger partial charge on any atom is -0.371 e. The molecule has 17 heavy (non-hydrogen) atoms. The Kier molecular flexibility index (Phi) is 1.83. The van der Waals surface area contributed by atoms with Crippen molar-refractivity contribution in [2.24, 2.45) is 5.41 Å². The molecule has 0 aromatic heterocycles. The first kappa shape index (κ1) is 10.8. The summed E-state index contributed by atoms with van der Waals surface area (Å²) >= 11 is 0. The van der Waals surface area contributed by atoms with E-state index in [9.17, 15) is 0 Å². The van der Waals surface area contributed by atoms with E-state index in [2.05, 4.69) is 25.8 Å². The summed E-state index contributed by atoms with van der Waals surface area (Å²) in [6.07, 6.45) is 6.80. The fourth-order valence-electron chi connectivity index (χ4n) is 4.22. The maximum atomic E-state index is 6.29. The van der Waals surface area contributed by atoms with Crippen LogP contribution in [0.3, 0.4) is 0 Å². The van der Waals surface area contributed by atoms with Crippen LogP contribution in [0.15, 0.2) is 0 Å². The van der Waals surface area contributed by atoms with Crippen LogP contribution < -0.4 is 0 Å². The van der Waals surface area contributed by atoms with Gasteiger partial charge in [0, 0.05) is 12.0 Å². The molecule has 2 saturated heterocycles. The highest BCUT2D eigenvalue weighted by Gasteiger charge is 2.78. The zero-order valence-corrected chi connectivity index (χ0v) is 11.2. The summed E-state index contributed by atoms with van der Waals surface area (Å²) in [6, 6.07) is 0.546. The summed E-state index contributed by atoms with van der Waals surface area (Å²) in [4.78, 5) is 6.26. The van der Waals surface area contributed by atoms with Crippen molar-refractivity contribution in [1.82, 2.24) is 5.06 Å². The van der Waals surface area contributed by atoms with Crippen LogP contribution >= 0.6 is 0 Å². The summed E-state index contributed by atoms with van der Waals surface area (Å²) in [6.45, 7) is 7.56. The molecule has 3 heteroatoms. The Labute approximate surface area is 103 Å². The number of hydrogen-bond donors (Lipinski definition) is 0. The van der Waals surface area contributed by atoms with Crippen molar-refractivity contribution in [2.75, 3.05) is 6.54 Å². The lowest BCUT2D eigenvalue weighted by atomic mass is 9.86. The number of fused-ring (bicyclic) bond motifs is 3. The van der Waals surface area contributed by atoms with E-state index < -0.39 is 0 Å². The maximum Gasteiger partial charge on any atom is 0.0974 e. The normalized spacial score (nSPS) is 41.1. The fourth-order valence-corrected chi connectivity index (χ4v) is 4.22. The molecule has 0 aromatic carbocycles. The van der Waals surface area contributed by atoms with Crippen molar-refractivity contribution in [3.63, 3.8) is 0 Å². The molecule has 0 unspecified atom stereocenters. The van der Waals surface area contributed by atoms with Crippen molar-refractivity contribution < 1.29 is 9.57 Å². The van der Waals surface area contributed by atoms with Crippen molar-refractivity contribution >= 4 is 0 Å². The van der Waals surface area contributed by atoms with Crippen LogP contribution in [0.2, 0.25) is 0 Å². The van der Waals surface area contributed by atoms with E-state index in [0.29, 0.717) is 17.6 Å². The minimum atomic E-state index is -0.0317. The van der Waals surface area contributed by atoms with Crippen LogP contribution in [-0.4, -0.2) is 35.0 Å². The van der Waals surface area contributed by atoms with Gasteiger partial charge < -0.3 is 4.74 Å². The van der Waals surface area contributed by atoms with Gasteiger partial charge in [-0.05, 0) is 52.9 Å². The van der Waals surface area contributed by atoms with E-state index in [1.807, 2.05) is 0 Å². The number of nitrogens with zero attached hydrogens (tertiary/aromatic N) is 1. The average molecular weight is 237 g/mol. The van der Waals surface area contributed by atoms with Gasteiger partial charge in [-0.3, -0.25) is 4.84 Å². The maximum absolute atomic E-state index is 6.29. The molecule has 0 radical (unpaired) electrons. The van der Waals surface area contributed by atoms with Gasteiger partial charge in [0.2, 0.25) is 0 Å². The van der Waals surface area contributed by atoms with Crippen LogP contribution in [0.25, 0.3) is 0 Å². The molecule has 0 aromatic rings. The second-order valence-electron chi connectivity index (χ2n) is 7.38. The van der Waals surface area contributed by atoms with Gasteiger partial charge in [-0.2, -0.15) is 5.06 Å². The molecule has 2 heterocycles. The van der Waals surface area contributed by atoms with Gasteiger partial charge in [-0.25, -0.2) is 0 Å². The van der Waals surface area contributed by atoms with Crippen molar-refractivity contribution in [3.05, 3.63) is 0 Å². The average Bonchev–Trinajstić information content (AvgIpc) is 3.03. The van der Waals surface area contributed by atoms with Gasteiger partial charge in [0.15, 0.2) is 0 Å². The Morgan fingerprint density at radius 1 is 1.18 bits per heavy atom. The number of ether oxygens (including phenoxy) is 1. The molecule has 96 valence electrons. The van der Waals surface area contributed by atoms with Crippen LogP contribution in [0.5, 0.6) is 0 Å². The zero-order valence-electron chi connectivity index (χ0n) is 11.2. The zero-order chi connectivity index (χ0) is 11.9. The lowest BCUT2D eigenvalue weighted by Crippen LogP contribution is -2.41. The van der Waals surface area contributed by atoms with Crippen molar-refractivity contribution in [2.45, 2.75) is 76.2 Å². The molecule has 0 amide bonds. The predicted molar refractivity (Wildman–Crippen MR) is 64.5 cm³/mol. The summed E-state index contributed by atoms with van der Waals surface area (Å²) in [7, 11) is 0. The van der Waals surface area contributed by atoms with E-state index in [1.165, 1.54) is 25.7 Å². The van der Waals surface area contributed by atoms with Crippen LogP contribution in [0.4, 0.5) is 0 Å². The third kappa shape index (κ3) is 1.33. The molecule has 2 aliphatic heterocycles. The van der Waals surface area contributed by atoms with Crippen molar-refractivity contribution in [3.8, 4) is 0 Å². The van der Waals surface area contributed by atoms with E-state index in [4.69, 9.17) is 9.57 Å². The first-order valence-electron chi connectivity index (χ1n) is 7.10. The highest BCUT2D eigenvalue weighted by atomic mass is 16.7. The smallest absolute Gasteiger partial charge is 0.0974 e. The third-order valence-corrected chi connectivity index (χ3v) is 5.06. The number of hydroxylamine groups is 2. The quantitative estimate of drug-likeness (QED) is 0.699. The largest absolute Gasteiger partial charge is 0.371 e.